The number of nitrogens with zero attached hydrogens (tertiary/aromatic N) is 2. The van der Waals surface area contributed by atoms with Crippen LogP contribution in [0.1, 0.15) is 19.4 Å². The molecule has 0 saturated carbocycles. The van der Waals surface area contributed by atoms with Gasteiger partial charge >= 0.3 is 0 Å². The number of benzene rings is 2. The highest BCUT2D eigenvalue weighted by atomic mass is 35.5. The fraction of sp³-hybridized carbons (Fsp3) is 0.200. The number of carbonyl (C=O) groups excluding carboxylic acids is 1. The molecule has 0 atom stereocenters. The fourth-order valence-corrected chi connectivity index (χ4v) is 3.16. The van der Waals surface area contributed by atoms with E-state index in [4.69, 9.17) is 32.7 Å². The monoisotopic (exact) mass is 404 g/mol. The number of ether oxygens (including phenoxy) is 2. The second-order valence-corrected chi connectivity index (χ2v) is 6.65. The molecule has 0 N–H and O–H groups in total. The molecular formula is C20H18Cl2N2O3. The van der Waals surface area contributed by atoms with E-state index in [0.29, 0.717) is 45.1 Å². The van der Waals surface area contributed by atoms with E-state index in [1.165, 1.54) is 12.1 Å². The van der Waals surface area contributed by atoms with Crippen LogP contribution < -0.4 is 14.5 Å². The first-order valence-electron chi connectivity index (χ1n) is 8.32. The normalized spacial score (nSPS) is 15.3. The minimum absolute atomic E-state index is 0.222. The Morgan fingerprint density at radius 2 is 1.89 bits per heavy atom. The quantitative estimate of drug-likeness (QED) is 0.642. The predicted octanol–water partition coefficient (Wildman–Crippen LogP) is 5.21. The second-order valence-electron chi connectivity index (χ2n) is 5.80. The topological polar surface area (TPSA) is 51.1 Å². The lowest BCUT2D eigenvalue weighted by Gasteiger charge is -2.13. The van der Waals surface area contributed by atoms with Gasteiger partial charge in [0.05, 0.1) is 35.7 Å². The van der Waals surface area contributed by atoms with E-state index in [1.807, 2.05) is 6.92 Å². The average molecular weight is 405 g/mol. The van der Waals surface area contributed by atoms with Gasteiger partial charge in [-0.1, -0.05) is 23.2 Å². The molecule has 1 aliphatic heterocycles. The lowest BCUT2D eigenvalue weighted by Crippen LogP contribution is -2.21. The summed E-state index contributed by atoms with van der Waals surface area (Å²) in [5, 5.41) is 6.72. The van der Waals surface area contributed by atoms with Gasteiger partial charge in [-0.05, 0) is 61.9 Å². The van der Waals surface area contributed by atoms with Crippen molar-refractivity contribution in [2.24, 2.45) is 5.10 Å². The van der Waals surface area contributed by atoms with Crippen LogP contribution in [0.5, 0.6) is 11.5 Å². The van der Waals surface area contributed by atoms with Gasteiger partial charge in [-0.15, -0.1) is 0 Å². The van der Waals surface area contributed by atoms with E-state index < -0.39 is 0 Å². The van der Waals surface area contributed by atoms with Crippen LogP contribution in [-0.4, -0.2) is 25.3 Å². The Labute approximate surface area is 167 Å². The summed E-state index contributed by atoms with van der Waals surface area (Å²) in [5.74, 6) is 0.764. The Morgan fingerprint density at radius 1 is 1.19 bits per heavy atom. The number of methoxy groups -OCH3 is 1. The summed E-state index contributed by atoms with van der Waals surface area (Å²) in [6.45, 7) is 4.13. The molecule has 140 valence electrons. The zero-order valence-corrected chi connectivity index (χ0v) is 16.6. The predicted molar refractivity (Wildman–Crippen MR) is 109 cm³/mol. The third-order valence-corrected chi connectivity index (χ3v) is 4.51. The van der Waals surface area contributed by atoms with E-state index >= 15 is 0 Å². The molecule has 1 heterocycles. The molecule has 0 unspecified atom stereocenters. The highest BCUT2D eigenvalue weighted by molar-refractivity contribution is 6.34. The van der Waals surface area contributed by atoms with E-state index in [1.54, 1.807) is 49.4 Å². The van der Waals surface area contributed by atoms with Gasteiger partial charge in [0.2, 0.25) is 0 Å². The van der Waals surface area contributed by atoms with Crippen molar-refractivity contribution < 1.29 is 14.3 Å². The highest BCUT2D eigenvalue weighted by Crippen LogP contribution is 2.37. The van der Waals surface area contributed by atoms with Crippen LogP contribution in [0.15, 0.2) is 47.1 Å². The van der Waals surface area contributed by atoms with Crippen molar-refractivity contribution >= 4 is 46.6 Å². The van der Waals surface area contributed by atoms with Gasteiger partial charge in [0, 0.05) is 5.02 Å². The minimum atomic E-state index is -0.222. The molecule has 27 heavy (non-hydrogen) atoms. The summed E-state index contributed by atoms with van der Waals surface area (Å²) < 4.78 is 10.9. The van der Waals surface area contributed by atoms with E-state index in [2.05, 4.69) is 5.10 Å². The average Bonchev–Trinajstić information content (AvgIpc) is 2.91. The van der Waals surface area contributed by atoms with Crippen molar-refractivity contribution in [2.45, 2.75) is 13.8 Å². The summed E-state index contributed by atoms with van der Waals surface area (Å²) in [4.78, 5) is 12.8. The summed E-state index contributed by atoms with van der Waals surface area (Å²) in [7, 11) is 1.53. The van der Waals surface area contributed by atoms with Gasteiger partial charge in [-0.2, -0.15) is 10.1 Å². The Hall–Kier alpha value is -2.50. The maximum absolute atomic E-state index is 12.8. The highest BCUT2D eigenvalue weighted by Gasteiger charge is 2.28. The first kappa shape index (κ1) is 19.3. The standard InChI is InChI=1S/C20H18Cl2N2O3/c1-4-27-18-11-13(10-17(22)19(18)26-3)9-16-12(2)23-24(20(16)25)15-7-5-14(21)6-8-15/h5-11H,4H2,1-3H3/b16-9-. The molecule has 2 aromatic rings. The van der Waals surface area contributed by atoms with Gasteiger partial charge < -0.3 is 9.47 Å². The molecule has 2 aromatic carbocycles. The molecule has 0 aromatic heterocycles. The molecule has 5 nitrogen and oxygen atoms in total. The van der Waals surface area contributed by atoms with Crippen molar-refractivity contribution in [1.82, 2.24) is 0 Å². The molecule has 0 fully saturated rings. The number of hydrazone groups is 1. The Balaban J connectivity index is 1.97. The number of amides is 1. The van der Waals surface area contributed by atoms with Gasteiger partial charge in [-0.3, -0.25) is 4.79 Å². The molecule has 1 amide bonds. The summed E-state index contributed by atoms with van der Waals surface area (Å²) in [6, 6.07) is 10.4. The molecule has 0 radical (unpaired) electrons. The van der Waals surface area contributed by atoms with Crippen LogP contribution in [0, 0.1) is 0 Å². The van der Waals surface area contributed by atoms with Gasteiger partial charge in [0.15, 0.2) is 11.5 Å². The summed E-state index contributed by atoms with van der Waals surface area (Å²) in [6.07, 6.45) is 1.74. The second kappa shape index (κ2) is 8.03. The van der Waals surface area contributed by atoms with Crippen molar-refractivity contribution in [3.63, 3.8) is 0 Å². The molecule has 0 bridgehead atoms. The molecule has 7 heteroatoms. The minimum Gasteiger partial charge on any atom is -0.491 e. The van der Waals surface area contributed by atoms with E-state index in [9.17, 15) is 4.79 Å². The zero-order valence-electron chi connectivity index (χ0n) is 15.1. The van der Waals surface area contributed by atoms with Crippen LogP contribution in [0.4, 0.5) is 5.69 Å². The fourth-order valence-electron chi connectivity index (χ4n) is 2.74. The molecule has 0 saturated heterocycles. The van der Waals surface area contributed by atoms with E-state index in [-0.39, 0.29) is 5.91 Å². The van der Waals surface area contributed by atoms with Crippen molar-refractivity contribution in [3.05, 3.63) is 57.6 Å². The Morgan fingerprint density at radius 3 is 2.52 bits per heavy atom. The number of anilines is 1. The molecule has 3 rings (SSSR count). The lowest BCUT2D eigenvalue weighted by molar-refractivity contribution is -0.114. The third kappa shape index (κ3) is 3.94. The van der Waals surface area contributed by atoms with Crippen LogP contribution in [0.25, 0.3) is 6.08 Å². The van der Waals surface area contributed by atoms with Crippen LogP contribution in [0.2, 0.25) is 10.0 Å². The summed E-state index contributed by atoms with van der Waals surface area (Å²) in [5.41, 5.74) is 2.46. The Kier molecular flexibility index (Phi) is 5.73. The first-order valence-corrected chi connectivity index (χ1v) is 9.07. The van der Waals surface area contributed by atoms with E-state index in [0.717, 1.165) is 5.56 Å². The number of halogens is 2. The first-order chi connectivity index (χ1) is 12.9. The number of hydrogen-bond acceptors (Lipinski definition) is 4. The van der Waals surface area contributed by atoms with Gasteiger partial charge in [-0.25, -0.2) is 0 Å². The largest absolute Gasteiger partial charge is 0.491 e. The zero-order chi connectivity index (χ0) is 19.6. The third-order valence-electron chi connectivity index (χ3n) is 3.98. The SMILES string of the molecule is CCOc1cc(/C=C2\C(=O)N(c3ccc(Cl)cc3)N=C2C)cc(Cl)c1OC. The van der Waals surface area contributed by atoms with Gasteiger partial charge in [0.25, 0.3) is 5.91 Å². The molecule has 1 aliphatic rings. The number of rotatable bonds is 5. The maximum atomic E-state index is 12.8. The van der Waals surface area contributed by atoms with Crippen LogP contribution >= 0.6 is 23.2 Å². The molecular weight excluding hydrogens is 387 g/mol. The number of carbonyl (C=O) groups is 1. The number of hydrogen-bond donors (Lipinski definition) is 0. The Bertz CT molecular complexity index is 937. The smallest absolute Gasteiger partial charge is 0.280 e. The van der Waals surface area contributed by atoms with Gasteiger partial charge in [0.1, 0.15) is 0 Å². The maximum Gasteiger partial charge on any atom is 0.280 e. The summed E-state index contributed by atoms with van der Waals surface area (Å²) >= 11 is 12.2. The molecule has 0 aliphatic carbocycles. The van der Waals surface area contributed by atoms with Crippen molar-refractivity contribution in [1.29, 1.82) is 0 Å². The van der Waals surface area contributed by atoms with Crippen LogP contribution in [-0.2, 0) is 4.79 Å². The van der Waals surface area contributed by atoms with Crippen molar-refractivity contribution in [3.8, 4) is 11.5 Å². The van der Waals surface area contributed by atoms with Crippen molar-refractivity contribution in [2.75, 3.05) is 18.7 Å². The molecule has 0 spiro atoms. The lowest BCUT2D eigenvalue weighted by atomic mass is 10.1. The van der Waals surface area contributed by atoms with Crippen LogP contribution in [0.3, 0.4) is 0 Å².